The number of nitrogens with zero attached hydrogens (tertiary/aromatic N) is 2. The first-order chi connectivity index (χ1) is 14.7. The molecule has 1 aliphatic rings. The Morgan fingerprint density at radius 3 is 2.77 bits per heavy atom. The van der Waals surface area contributed by atoms with E-state index < -0.39 is 28.1 Å². The van der Waals surface area contributed by atoms with Gasteiger partial charge in [0.15, 0.2) is 0 Å². The number of sulfonamides is 1. The fourth-order valence-corrected chi connectivity index (χ4v) is 4.99. The molecule has 1 fully saturated rings. The van der Waals surface area contributed by atoms with Gasteiger partial charge in [-0.2, -0.15) is 13.2 Å². The lowest BCUT2D eigenvalue weighted by molar-refractivity contribution is -0.0448. The molecule has 2 aromatic heterocycles. The quantitative estimate of drug-likeness (QED) is 0.613. The molecular weight excluding hydrogens is 451 g/mol. The van der Waals surface area contributed by atoms with E-state index in [0.29, 0.717) is 35.9 Å². The lowest BCUT2D eigenvalue weighted by Crippen LogP contribution is -2.46. The highest BCUT2D eigenvalue weighted by atomic mass is 32.2. The van der Waals surface area contributed by atoms with Gasteiger partial charge < -0.3 is 4.90 Å². The fraction of sp³-hybridized carbons (Fsp3) is 0.300. The highest BCUT2D eigenvalue weighted by Gasteiger charge is 2.46. The van der Waals surface area contributed by atoms with Crippen LogP contribution in [0.4, 0.5) is 13.2 Å². The second-order valence-corrected chi connectivity index (χ2v) is 9.87. The lowest BCUT2D eigenvalue weighted by Gasteiger charge is -2.25. The number of benzene rings is 1. The predicted octanol–water partition coefficient (Wildman–Crippen LogP) is 4.01. The smallest absolute Gasteiger partial charge is 0.334 e. The summed E-state index contributed by atoms with van der Waals surface area (Å²) < 4.78 is 62.1. The first kappa shape index (κ1) is 21.7. The molecule has 1 aromatic carbocycles. The molecule has 0 aliphatic carbocycles. The number of carbonyl (C=O) groups excluding carboxylic acids is 1. The molecule has 1 N–H and O–H groups in total. The molecule has 1 amide bonds. The van der Waals surface area contributed by atoms with Gasteiger partial charge in [-0.05, 0) is 48.1 Å². The van der Waals surface area contributed by atoms with Gasteiger partial charge in [0, 0.05) is 35.6 Å². The first-order valence-electron chi connectivity index (χ1n) is 9.47. The summed E-state index contributed by atoms with van der Waals surface area (Å²) in [5.41, 5.74) is -3.45. The van der Waals surface area contributed by atoms with Crippen LogP contribution in [0.2, 0.25) is 0 Å². The Bertz CT molecular complexity index is 1210. The number of hydrogen-bond donors (Lipinski definition) is 1. The van der Waals surface area contributed by atoms with Gasteiger partial charge in [-0.1, -0.05) is 12.1 Å². The van der Waals surface area contributed by atoms with Crippen molar-refractivity contribution in [1.29, 1.82) is 0 Å². The summed E-state index contributed by atoms with van der Waals surface area (Å²) in [7, 11) is -5.46. The fourth-order valence-electron chi connectivity index (χ4n) is 3.69. The van der Waals surface area contributed by atoms with Crippen LogP contribution in [-0.4, -0.2) is 48.8 Å². The normalized spacial score (nSPS) is 17.4. The van der Waals surface area contributed by atoms with Crippen LogP contribution < -0.4 is 4.72 Å². The highest BCUT2D eigenvalue weighted by molar-refractivity contribution is 7.90. The van der Waals surface area contributed by atoms with Gasteiger partial charge in [-0.3, -0.25) is 9.78 Å². The lowest BCUT2D eigenvalue weighted by atomic mass is 10.0. The molecule has 6 nitrogen and oxygen atoms in total. The molecule has 0 saturated carbocycles. The highest BCUT2D eigenvalue weighted by Crippen LogP contribution is 2.30. The molecule has 164 valence electrons. The third-order valence-corrected chi connectivity index (χ3v) is 7.30. The van der Waals surface area contributed by atoms with Gasteiger partial charge in [-0.15, -0.1) is 11.3 Å². The van der Waals surface area contributed by atoms with Crippen LogP contribution in [0.1, 0.15) is 23.2 Å². The molecule has 1 aliphatic heterocycles. The largest absolute Gasteiger partial charge is 0.511 e. The molecule has 1 saturated heterocycles. The van der Waals surface area contributed by atoms with Crippen LogP contribution >= 0.6 is 11.3 Å². The Morgan fingerprint density at radius 1 is 1.26 bits per heavy atom. The number of thiophene rings is 1. The minimum absolute atomic E-state index is 0.339. The summed E-state index contributed by atoms with van der Waals surface area (Å²) in [6, 6.07) is 10.4. The van der Waals surface area contributed by atoms with Gasteiger partial charge in [0.05, 0.1) is 11.1 Å². The summed E-state index contributed by atoms with van der Waals surface area (Å²) in [6.45, 7) is -0.150. The third kappa shape index (κ3) is 4.30. The van der Waals surface area contributed by atoms with E-state index >= 15 is 0 Å². The van der Waals surface area contributed by atoms with Crippen molar-refractivity contribution in [1.82, 2.24) is 14.6 Å². The van der Waals surface area contributed by atoms with E-state index in [9.17, 15) is 26.4 Å². The number of carbonyl (C=O) groups is 1. The van der Waals surface area contributed by atoms with Crippen molar-refractivity contribution < 1.29 is 26.4 Å². The Balaban J connectivity index is 1.62. The SMILES string of the molecule is O=C(c1ccnc2ccc(-c3cccs3)cc12)N1CCCC1CNS(=O)(=O)C(F)(F)F. The molecule has 1 atom stereocenters. The summed E-state index contributed by atoms with van der Waals surface area (Å²) in [6.07, 6.45) is 2.50. The van der Waals surface area contributed by atoms with Crippen molar-refractivity contribution in [2.24, 2.45) is 0 Å². The maximum atomic E-state index is 13.3. The second kappa shape index (κ2) is 8.21. The van der Waals surface area contributed by atoms with Crippen LogP contribution in [0.15, 0.2) is 48.0 Å². The van der Waals surface area contributed by atoms with Gasteiger partial charge in [-0.25, -0.2) is 13.1 Å². The Morgan fingerprint density at radius 2 is 2.06 bits per heavy atom. The molecule has 1 unspecified atom stereocenters. The Kier molecular flexibility index (Phi) is 5.75. The van der Waals surface area contributed by atoms with Crippen LogP contribution in [0, 0.1) is 0 Å². The molecule has 11 heteroatoms. The number of aromatic nitrogens is 1. The maximum Gasteiger partial charge on any atom is 0.511 e. The van der Waals surface area contributed by atoms with E-state index in [1.54, 1.807) is 22.1 Å². The van der Waals surface area contributed by atoms with E-state index in [0.717, 1.165) is 10.4 Å². The van der Waals surface area contributed by atoms with E-state index in [2.05, 4.69) is 4.98 Å². The van der Waals surface area contributed by atoms with Crippen molar-refractivity contribution >= 4 is 38.2 Å². The van der Waals surface area contributed by atoms with Gasteiger partial charge in [0.2, 0.25) is 0 Å². The summed E-state index contributed by atoms with van der Waals surface area (Å²) in [5, 5.41) is 2.59. The zero-order valence-electron chi connectivity index (χ0n) is 16.1. The second-order valence-electron chi connectivity index (χ2n) is 7.16. The average molecular weight is 470 g/mol. The molecule has 31 heavy (non-hydrogen) atoms. The van der Waals surface area contributed by atoms with Crippen LogP contribution in [-0.2, 0) is 10.0 Å². The zero-order valence-corrected chi connectivity index (χ0v) is 17.7. The molecule has 0 radical (unpaired) electrons. The number of alkyl halides is 3. The predicted molar refractivity (Wildman–Crippen MR) is 112 cm³/mol. The van der Waals surface area contributed by atoms with Gasteiger partial charge in [0.1, 0.15) is 0 Å². The topological polar surface area (TPSA) is 79.4 Å². The van der Waals surface area contributed by atoms with E-state index in [1.807, 2.05) is 35.7 Å². The van der Waals surface area contributed by atoms with Crippen molar-refractivity contribution in [2.75, 3.05) is 13.1 Å². The number of fused-ring (bicyclic) bond motifs is 1. The number of pyridine rings is 1. The monoisotopic (exact) mass is 469 g/mol. The molecule has 3 aromatic rings. The van der Waals surface area contributed by atoms with Gasteiger partial charge >= 0.3 is 15.5 Å². The summed E-state index contributed by atoms with van der Waals surface area (Å²) in [4.78, 5) is 20.1. The number of halogens is 3. The Labute approximate surface area is 180 Å². The van der Waals surface area contributed by atoms with Crippen molar-refractivity contribution in [3.63, 3.8) is 0 Å². The zero-order chi connectivity index (χ0) is 22.2. The Hall–Kier alpha value is -2.50. The molecule has 0 spiro atoms. The maximum absolute atomic E-state index is 13.3. The average Bonchev–Trinajstić information content (AvgIpc) is 3.42. The number of rotatable bonds is 5. The minimum Gasteiger partial charge on any atom is -0.334 e. The standard InChI is InChI=1S/C20H18F3N3O3S2/c21-20(22,23)31(28,29)25-12-14-3-1-9-26(14)19(27)15-7-8-24-17-6-5-13(11-16(15)17)18-4-2-10-30-18/h2,4-8,10-11,14,25H,1,3,9,12H2. The van der Waals surface area contributed by atoms with Crippen LogP contribution in [0.25, 0.3) is 21.3 Å². The van der Waals surface area contributed by atoms with Crippen LogP contribution in [0.3, 0.4) is 0 Å². The number of hydrogen-bond acceptors (Lipinski definition) is 5. The van der Waals surface area contributed by atoms with Crippen LogP contribution in [0.5, 0.6) is 0 Å². The minimum atomic E-state index is -5.46. The summed E-state index contributed by atoms with van der Waals surface area (Å²) in [5.74, 6) is -0.357. The van der Waals surface area contributed by atoms with E-state index in [1.165, 1.54) is 11.1 Å². The third-order valence-electron chi connectivity index (χ3n) is 5.23. The molecular formula is C20H18F3N3O3S2. The first-order valence-corrected chi connectivity index (χ1v) is 11.8. The van der Waals surface area contributed by atoms with E-state index in [4.69, 9.17) is 0 Å². The number of nitrogens with one attached hydrogen (secondary N) is 1. The molecule has 3 heterocycles. The number of likely N-dealkylation sites (tertiary alicyclic amines) is 1. The number of amides is 1. The van der Waals surface area contributed by atoms with Crippen molar-refractivity contribution in [2.45, 2.75) is 24.4 Å². The van der Waals surface area contributed by atoms with Crippen molar-refractivity contribution in [3.8, 4) is 10.4 Å². The van der Waals surface area contributed by atoms with Crippen molar-refractivity contribution in [3.05, 3.63) is 53.5 Å². The van der Waals surface area contributed by atoms with Gasteiger partial charge in [0.25, 0.3) is 5.91 Å². The molecule has 4 rings (SSSR count). The molecule has 0 bridgehead atoms. The summed E-state index contributed by atoms with van der Waals surface area (Å²) >= 11 is 1.56. The van der Waals surface area contributed by atoms with E-state index in [-0.39, 0.29) is 5.91 Å².